The number of aromatic nitrogens is 1. The highest BCUT2D eigenvalue weighted by Crippen LogP contribution is 2.22. The number of hydrogen-bond donors (Lipinski definition) is 1. The fourth-order valence-electron chi connectivity index (χ4n) is 2.89. The molecule has 3 aromatic rings. The molecule has 0 bridgehead atoms. The number of carbonyl (C=O) groups excluding carboxylic acids is 1. The van der Waals surface area contributed by atoms with E-state index in [-0.39, 0.29) is 12.0 Å². The third-order valence-electron chi connectivity index (χ3n) is 4.27. The molecule has 0 spiro atoms. The van der Waals surface area contributed by atoms with E-state index in [1.807, 2.05) is 48.5 Å². The Morgan fingerprint density at radius 3 is 2.89 bits per heavy atom. The molecule has 1 aliphatic heterocycles. The molecule has 1 aliphatic rings. The number of anilines is 1. The quantitative estimate of drug-likeness (QED) is 0.640. The average Bonchev–Trinajstić information content (AvgIpc) is 3.35. The first-order valence-corrected chi connectivity index (χ1v) is 9.77. The van der Waals surface area contributed by atoms with Crippen molar-refractivity contribution in [2.75, 3.05) is 18.5 Å². The largest absolute Gasteiger partial charge is 0.491 e. The van der Waals surface area contributed by atoms with Crippen LogP contribution in [-0.2, 0) is 9.53 Å². The van der Waals surface area contributed by atoms with Gasteiger partial charge in [0.05, 0.1) is 16.3 Å². The van der Waals surface area contributed by atoms with Crippen LogP contribution in [0.3, 0.4) is 0 Å². The van der Waals surface area contributed by atoms with Crippen LogP contribution in [0.1, 0.15) is 17.8 Å². The van der Waals surface area contributed by atoms with E-state index in [9.17, 15) is 4.79 Å². The standard InChI is InChI=1S/C21H20N2O3S/c24-20(11-12-21-23-18-5-1-2-6-19(18)27-21)22-15-7-9-16(10-8-15)26-14-17-4-3-13-25-17/h1-2,5-12,17H,3-4,13-14H2,(H,22,24)/b12-11+. The number of carbonyl (C=O) groups is 1. The van der Waals surface area contributed by atoms with Crippen LogP contribution in [0.15, 0.2) is 54.6 Å². The third-order valence-corrected chi connectivity index (χ3v) is 5.27. The van der Waals surface area contributed by atoms with Gasteiger partial charge in [0.15, 0.2) is 0 Å². The Bertz CT molecular complexity index is 910. The van der Waals surface area contributed by atoms with E-state index < -0.39 is 0 Å². The lowest BCUT2D eigenvalue weighted by Crippen LogP contribution is -2.16. The van der Waals surface area contributed by atoms with Gasteiger partial charge in [0.1, 0.15) is 17.4 Å². The van der Waals surface area contributed by atoms with E-state index in [1.54, 1.807) is 17.4 Å². The van der Waals surface area contributed by atoms with E-state index >= 15 is 0 Å². The molecule has 4 rings (SSSR count). The van der Waals surface area contributed by atoms with Gasteiger partial charge in [-0.15, -0.1) is 11.3 Å². The summed E-state index contributed by atoms with van der Waals surface area (Å²) < 4.78 is 12.4. The van der Waals surface area contributed by atoms with Gasteiger partial charge in [-0.2, -0.15) is 0 Å². The summed E-state index contributed by atoms with van der Waals surface area (Å²) in [6.45, 7) is 1.39. The van der Waals surface area contributed by atoms with Gasteiger partial charge in [-0.1, -0.05) is 12.1 Å². The van der Waals surface area contributed by atoms with E-state index in [1.165, 1.54) is 6.08 Å². The van der Waals surface area contributed by atoms with Crippen LogP contribution in [0.4, 0.5) is 5.69 Å². The zero-order valence-corrected chi connectivity index (χ0v) is 15.6. The highest BCUT2D eigenvalue weighted by atomic mass is 32.1. The molecule has 2 aromatic carbocycles. The van der Waals surface area contributed by atoms with Crippen LogP contribution >= 0.6 is 11.3 Å². The molecule has 0 saturated carbocycles. The number of nitrogens with one attached hydrogen (secondary N) is 1. The summed E-state index contributed by atoms with van der Waals surface area (Å²) in [6, 6.07) is 15.3. The van der Waals surface area contributed by atoms with Gasteiger partial charge in [-0.25, -0.2) is 4.98 Å². The van der Waals surface area contributed by atoms with Gasteiger partial charge in [0, 0.05) is 18.4 Å². The van der Waals surface area contributed by atoms with Gasteiger partial charge in [0.25, 0.3) is 0 Å². The summed E-state index contributed by atoms with van der Waals surface area (Å²) in [5, 5.41) is 3.65. The van der Waals surface area contributed by atoms with Crippen molar-refractivity contribution >= 4 is 39.2 Å². The number of hydrogen-bond acceptors (Lipinski definition) is 5. The Hall–Kier alpha value is -2.70. The monoisotopic (exact) mass is 380 g/mol. The number of ether oxygens (including phenoxy) is 2. The molecule has 6 heteroatoms. The molecular formula is C21H20N2O3S. The van der Waals surface area contributed by atoms with E-state index in [0.29, 0.717) is 6.61 Å². The second-order valence-electron chi connectivity index (χ2n) is 6.31. The van der Waals surface area contributed by atoms with Crippen molar-refractivity contribution in [3.8, 4) is 5.75 Å². The van der Waals surface area contributed by atoms with E-state index in [4.69, 9.17) is 9.47 Å². The lowest BCUT2D eigenvalue weighted by molar-refractivity contribution is -0.111. The molecule has 1 aromatic heterocycles. The molecule has 2 heterocycles. The Morgan fingerprint density at radius 2 is 2.11 bits per heavy atom. The smallest absolute Gasteiger partial charge is 0.248 e. The predicted octanol–water partition coefficient (Wildman–Crippen LogP) is 4.51. The second-order valence-corrected chi connectivity index (χ2v) is 7.38. The van der Waals surface area contributed by atoms with Crippen LogP contribution in [0.25, 0.3) is 16.3 Å². The van der Waals surface area contributed by atoms with Crippen molar-refractivity contribution in [1.29, 1.82) is 0 Å². The molecular weight excluding hydrogens is 360 g/mol. The first-order chi connectivity index (χ1) is 13.3. The number of thiazole rings is 1. The first kappa shape index (κ1) is 17.7. The third kappa shape index (κ3) is 4.72. The number of nitrogens with zero attached hydrogens (tertiary/aromatic N) is 1. The average molecular weight is 380 g/mol. The molecule has 138 valence electrons. The van der Waals surface area contributed by atoms with Crippen LogP contribution in [0.5, 0.6) is 5.75 Å². The molecule has 1 fully saturated rings. The fourth-order valence-corrected chi connectivity index (χ4v) is 3.76. The Kier molecular flexibility index (Phi) is 5.46. The molecule has 1 N–H and O–H groups in total. The van der Waals surface area contributed by atoms with Crippen molar-refractivity contribution in [2.45, 2.75) is 18.9 Å². The molecule has 1 unspecified atom stereocenters. The van der Waals surface area contributed by atoms with Crippen LogP contribution in [0, 0.1) is 0 Å². The number of amides is 1. The molecule has 27 heavy (non-hydrogen) atoms. The Labute approximate surface area is 161 Å². The van der Waals surface area contributed by atoms with Gasteiger partial charge >= 0.3 is 0 Å². The van der Waals surface area contributed by atoms with Crippen molar-refractivity contribution < 1.29 is 14.3 Å². The zero-order chi connectivity index (χ0) is 18.5. The summed E-state index contributed by atoms with van der Waals surface area (Å²) in [4.78, 5) is 16.6. The summed E-state index contributed by atoms with van der Waals surface area (Å²) in [5.41, 5.74) is 1.67. The maximum Gasteiger partial charge on any atom is 0.248 e. The molecule has 0 radical (unpaired) electrons. The minimum absolute atomic E-state index is 0.192. The van der Waals surface area contributed by atoms with E-state index in [0.717, 1.165) is 46.1 Å². The second kappa shape index (κ2) is 8.33. The van der Waals surface area contributed by atoms with Crippen molar-refractivity contribution in [3.05, 3.63) is 59.6 Å². The number of benzene rings is 2. The molecule has 1 saturated heterocycles. The van der Waals surface area contributed by atoms with Gasteiger partial charge in [-0.05, 0) is 55.3 Å². The lowest BCUT2D eigenvalue weighted by Gasteiger charge is -2.11. The zero-order valence-electron chi connectivity index (χ0n) is 14.8. The van der Waals surface area contributed by atoms with Gasteiger partial charge < -0.3 is 14.8 Å². The van der Waals surface area contributed by atoms with Crippen LogP contribution < -0.4 is 10.1 Å². The highest BCUT2D eigenvalue weighted by Gasteiger charge is 2.15. The van der Waals surface area contributed by atoms with Crippen molar-refractivity contribution in [3.63, 3.8) is 0 Å². The molecule has 0 aliphatic carbocycles. The van der Waals surface area contributed by atoms with Gasteiger partial charge in [-0.3, -0.25) is 4.79 Å². The molecule has 1 amide bonds. The van der Waals surface area contributed by atoms with Crippen molar-refractivity contribution in [1.82, 2.24) is 4.98 Å². The first-order valence-electron chi connectivity index (χ1n) is 8.95. The maximum absolute atomic E-state index is 12.1. The van der Waals surface area contributed by atoms with Crippen LogP contribution in [0.2, 0.25) is 0 Å². The predicted molar refractivity (Wildman–Crippen MR) is 108 cm³/mol. The number of rotatable bonds is 6. The summed E-state index contributed by atoms with van der Waals surface area (Å²) in [6.07, 6.45) is 5.58. The topological polar surface area (TPSA) is 60.5 Å². The fraction of sp³-hybridized carbons (Fsp3) is 0.238. The van der Waals surface area contributed by atoms with Crippen molar-refractivity contribution in [2.24, 2.45) is 0 Å². The Morgan fingerprint density at radius 1 is 1.26 bits per heavy atom. The normalized spacial score (nSPS) is 16.8. The Balaban J connectivity index is 1.30. The maximum atomic E-state index is 12.1. The number of fused-ring (bicyclic) bond motifs is 1. The van der Waals surface area contributed by atoms with E-state index in [2.05, 4.69) is 10.3 Å². The molecule has 5 nitrogen and oxygen atoms in total. The summed E-state index contributed by atoms with van der Waals surface area (Å²) >= 11 is 1.56. The van der Waals surface area contributed by atoms with Crippen LogP contribution in [-0.4, -0.2) is 30.2 Å². The summed E-state index contributed by atoms with van der Waals surface area (Å²) in [7, 11) is 0. The number of para-hydroxylation sites is 1. The van der Waals surface area contributed by atoms with Gasteiger partial charge in [0.2, 0.25) is 5.91 Å². The minimum Gasteiger partial charge on any atom is -0.491 e. The molecule has 1 atom stereocenters. The lowest BCUT2D eigenvalue weighted by atomic mass is 10.2. The minimum atomic E-state index is -0.192. The summed E-state index contributed by atoms with van der Waals surface area (Å²) in [5.74, 6) is 0.579. The highest BCUT2D eigenvalue weighted by molar-refractivity contribution is 7.19. The SMILES string of the molecule is O=C(/C=C/c1nc2ccccc2s1)Nc1ccc(OCC2CCCO2)cc1.